The molecular weight excluding hydrogens is 284 g/mol. The minimum Gasteiger partial charge on any atom is -0.381 e. The smallest absolute Gasteiger partial charge is 0.355 e. The Morgan fingerprint density at radius 2 is 1.91 bits per heavy atom. The summed E-state index contributed by atoms with van der Waals surface area (Å²) in [6.45, 7) is 3.24. The van der Waals surface area contributed by atoms with E-state index < -0.39 is 5.69 Å². The van der Waals surface area contributed by atoms with E-state index in [4.69, 9.17) is 4.74 Å². The third-order valence-electron chi connectivity index (χ3n) is 4.88. The highest BCUT2D eigenvalue weighted by Gasteiger charge is 2.23. The van der Waals surface area contributed by atoms with Crippen molar-refractivity contribution < 1.29 is 4.74 Å². The molecule has 1 aromatic rings. The molecular formula is C15H24N4O3. The molecule has 1 saturated carbocycles. The summed E-state index contributed by atoms with van der Waals surface area (Å²) >= 11 is 0. The zero-order chi connectivity index (χ0) is 15.5. The average molecular weight is 308 g/mol. The van der Waals surface area contributed by atoms with Crippen LogP contribution in [0, 0.1) is 5.92 Å². The molecule has 2 heterocycles. The molecule has 7 heteroatoms. The molecule has 1 saturated heterocycles. The van der Waals surface area contributed by atoms with Crippen LogP contribution in [0.3, 0.4) is 0 Å². The lowest BCUT2D eigenvalue weighted by molar-refractivity contribution is 0.0670. The predicted octanol–water partition coefficient (Wildman–Crippen LogP) is 1.27. The van der Waals surface area contributed by atoms with Gasteiger partial charge in [-0.3, -0.25) is 4.98 Å². The van der Waals surface area contributed by atoms with Crippen molar-refractivity contribution in [3.05, 3.63) is 21.0 Å². The lowest BCUT2D eigenvalue weighted by Crippen LogP contribution is -2.42. The molecule has 0 radical (unpaired) electrons. The third-order valence-corrected chi connectivity index (χ3v) is 4.88. The number of anilines is 1. The highest BCUT2D eigenvalue weighted by atomic mass is 16.5. The highest BCUT2D eigenvalue weighted by Crippen LogP contribution is 2.28. The van der Waals surface area contributed by atoms with E-state index in [1.807, 2.05) is 0 Å². The molecule has 1 unspecified atom stereocenters. The van der Waals surface area contributed by atoms with Gasteiger partial charge in [0.15, 0.2) is 0 Å². The van der Waals surface area contributed by atoms with Crippen LogP contribution >= 0.6 is 0 Å². The summed E-state index contributed by atoms with van der Waals surface area (Å²) in [7, 11) is 0. The zero-order valence-corrected chi connectivity index (χ0v) is 13.0. The first-order valence-electron chi connectivity index (χ1n) is 8.22. The van der Waals surface area contributed by atoms with Gasteiger partial charge in [-0.05, 0) is 38.5 Å². The first-order valence-corrected chi connectivity index (χ1v) is 8.22. The molecule has 0 amide bonds. The van der Waals surface area contributed by atoms with E-state index in [0.717, 1.165) is 0 Å². The monoisotopic (exact) mass is 308 g/mol. The number of hydrogen-bond donors (Lipinski definition) is 2. The number of aromatic amines is 1. The molecule has 2 aliphatic rings. The molecule has 7 nitrogen and oxygen atoms in total. The molecule has 0 spiro atoms. The highest BCUT2D eigenvalue weighted by molar-refractivity contribution is 5.23. The van der Waals surface area contributed by atoms with E-state index in [-0.39, 0.29) is 23.7 Å². The van der Waals surface area contributed by atoms with Crippen LogP contribution in [0.4, 0.5) is 5.95 Å². The van der Waals surface area contributed by atoms with Gasteiger partial charge in [-0.2, -0.15) is 4.98 Å². The zero-order valence-electron chi connectivity index (χ0n) is 13.0. The summed E-state index contributed by atoms with van der Waals surface area (Å²) in [4.78, 5) is 31.2. The lowest BCUT2D eigenvalue weighted by atomic mass is 10.0. The van der Waals surface area contributed by atoms with Crippen molar-refractivity contribution in [3.63, 3.8) is 0 Å². The summed E-state index contributed by atoms with van der Waals surface area (Å²) in [6.07, 6.45) is 6.25. The molecule has 1 aliphatic carbocycles. The summed E-state index contributed by atoms with van der Waals surface area (Å²) in [5.41, 5.74) is -0.857. The summed E-state index contributed by atoms with van der Waals surface area (Å²) < 4.78 is 6.50. The Kier molecular flexibility index (Phi) is 4.61. The van der Waals surface area contributed by atoms with Gasteiger partial charge < -0.3 is 10.1 Å². The van der Waals surface area contributed by atoms with Crippen LogP contribution in [0.5, 0.6) is 0 Å². The van der Waals surface area contributed by atoms with E-state index in [1.165, 1.54) is 30.3 Å². The molecule has 0 bridgehead atoms. The fraction of sp³-hybridized carbons (Fsp3) is 0.800. The average Bonchev–Trinajstić information content (AvgIpc) is 3.02. The van der Waals surface area contributed by atoms with Crippen molar-refractivity contribution in [2.75, 3.05) is 18.5 Å². The van der Waals surface area contributed by atoms with E-state index in [2.05, 4.69) is 22.2 Å². The standard InChI is InChI=1S/C15H24N4O3/c1-10(11-4-2-3-5-11)16-13-17-14(20)19(15(21)18-13)12-6-8-22-9-7-12/h10-12H,2-9H2,1H3,(H2,16,17,18,20,21). The molecule has 22 heavy (non-hydrogen) atoms. The first-order chi connectivity index (χ1) is 10.6. The van der Waals surface area contributed by atoms with E-state index in [1.54, 1.807) is 0 Å². The van der Waals surface area contributed by atoms with Gasteiger partial charge in [-0.1, -0.05) is 12.8 Å². The number of H-pyrrole nitrogens is 1. The van der Waals surface area contributed by atoms with Crippen LogP contribution in [0.2, 0.25) is 0 Å². The van der Waals surface area contributed by atoms with E-state index in [9.17, 15) is 9.59 Å². The van der Waals surface area contributed by atoms with Gasteiger partial charge in [0.25, 0.3) is 0 Å². The number of rotatable bonds is 4. The number of nitrogens with zero attached hydrogens (tertiary/aromatic N) is 2. The molecule has 2 N–H and O–H groups in total. The van der Waals surface area contributed by atoms with Crippen LogP contribution in [-0.4, -0.2) is 33.8 Å². The Hall–Kier alpha value is -1.63. The molecule has 2 fully saturated rings. The maximum atomic E-state index is 12.2. The normalized spacial score (nSPS) is 21.9. The topological polar surface area (TPSA) is 89.0 Å². The largest absolute Gasteiger partial charge is 0.381 e. The number of ether oxygens (including phenoxy) is 1. The van der Waals surface area contributed by atoms with Gasteiger partial charge in [0.2, 0.25) is 5.95 Å². The van der Waals surface area contributed by atoms with Crippen molar-refractivity contribution in [1.82, 2.24) is 14.5 Å². The SMILES string of the molecule is CC(Nc1nc(=O)n(C2CCOCC2)c(=O)[nH]1)C1CCCC1. The molecule has 1 aromatic heterocycles. The summed E-state index contributed by atoms with van der Waals surface area (Å²) in [5.74, 6) is 0.876. The molecule has 1 atom stereocenters. The minimum atomic E-state index is -0.475. The Labute approximate surface area is 129 Å². The second kappa shape index (κ2) is 6.64. The van der Waals surface area contributed by atoms with Gasteiger partial charge in [0, 0.05) is 25.3 Å². The van der Waals surface area contributed by atoms with E-state index in [0.29, 0.717) is 32.0 Å². The Balaban J connectivity index is 1.76. The van der Waals surface area contributed by atoms with E-state index >= 15 is 0 Å². The van der Waals surface area contributed by atoms with Crippen LogP contribution in [0.25, 0.3) is 0 Å². The second-order valence-corrected chi connectivity index (χ2v) is 6.36. The fourth-order valence-electron chi connectivity index (χ4n) is 3.55. The predicted molar refractivity (Wildman–Crippen MR) is 83.3 cm³/mol. The summed E-state index contributed by atoms with van der Waals surface area (Å²) in [6, 6.07) is 0.0998. The number of hydrogen-bond acceptors (Lipinski definition) is 5. The summed E-state index contributed by atoms with van der Waals surface area (Å²) in [5, 5.41) is 3.19. The maximum absolute atomic E-state index is 12.2. The van der Waals surface area contributed by atoms with Crippen LogP contribution in [0.15, 0.2) is 9.59 Å². The minimum absolute atomic E-state index is 0.112. The second-order valence-electron chi connectivity index (χ2n) is 6.36. The molecule has 3 rings (SSSR count). The van der Waals surface area contributed by atoms with Crippen LogP contribution < -0.4 is 16.7 Å². The van der Waals surface area contributed by atoms with Gasteiger partial charge in [-0.15, -0.1) is 0 Å². The first kappa shape index (κ1) is 15.3. The van der Waals surface area contributed by atoms with Gasteiger partial charge in [0.05, 0.1) is 0 Å². The van der Waals surface area contributed by atoms with Crippen molar-refractivity contribution in [1.29, 1.82) is 0 Å². The van der Waals surface area contributed by atoms with Gasteiger partial charge >= 0.3 is 11.4 Å². The lowest BCUT2D eigenvalue weighted by Gasteiger charge is -2.24. The van der Waals surface area contributed by atoms with Crippen molar-refractivity contribution in [3.8, 4) is 0 Å². The van der Waals surface area contributed by atoms with Crippen molar-refractivity contribution in [2.24, 2.45) is 5.92 Å². The number of nitrogens with one attached hydrogen (secondary N) is 2. The number of aromatic nitrogens is 3. The maximum Gasteiger partial charge on any atom is 0.355 e. The van der Waals surface area contributed by atoms with Gasteiger partial charge in [-0.25, -0.2) is 14.2 Å². The Morgan fingerprint density at radius 3 is 2.55 bits per heavy atom. The Morgan fingerprint density at radius 1 is 1.23 bits per heavy atom. The molecule has 0 aromatic carbocycles. The quantitative estimate of drug-likeness (QED) is 0.874. The van der Waals surface area contributed by atoms with Crippen LogP contribution in [0.1, 0.15) is 51.5 Å². The Bertz CT molecular complexity index is 581. The fourth-order valence-corrected chi connectivity index (χ4v) is 3.55. The van der Waals surface area contributed by atoms with Crippen molar-refractivity contribution in [2.45, 2.75) is 57.5 Å². The molecule has 1 aliphatic heterocycles. The van der Waals surface area contributed by atoms with Crippen LogP contribution in [-0.2, 0) is 4.74 Å². The van der Waals surface area contributed by atoms with Gasteiger partial charge in [0.1, 0.15) is 0 Å². The van der Waals surface area contributed by atoms with Crippen molar-refractivity contribution >= 4 is 5.95 Å². The molecule has 122 valence electrons. The third kappa shape index (κ3) is 3.24.